The third-order valence-corrected chi connectivity index (χ3v) is 7.25. The number of carbonyl (C=O) groups excluding carboxylic acids is 1. The minimum atomic E-state index is -4.15. The SMILES string of the molecule is COc1cccc(C(C(=O)NS(=O)(=O)c2ccccc2C)n2ccc3c(NCC(=O)O)cccc32)c1. The van der Waals surface area contributed by atoms with Crippen LogP contribution in [-0.2, 0) is 19.6 Å². The molecule has 1 heterocycles. The van der Waals surface area contributed by atoms with Crippen molar-refractivity contribution in [1.29, 1.82) is 0 Å². The van der Waals surface area contributed by atoms with Crippen LogP contribution in [0.2, 0.25) is 0 Å². The number of carbonyl (C=O) groups is 2. The van der Waals surface area contributed by atoms with Crippen molar-refractivity contribution in [2.24, 2.45) is 0 Å². The van der Waals surface area contributed by atoms with Gasteiger partial charge in [0.2, 0.25) is 0 Å². The van der Waals surface area contributed by atoms with Gasteiger partial charge in [0.1, 0.15) is 18.3 Å². The van der Waals surface area contributed by atoms with Gasteiger partial charge in [-0.15, -0.1) is 0 Å². The molecule has 0 spiro atoms. The number of rotatable bonds is 9. The number of carboxylic acids is 1. The molecule has 3 N–H and O–H groups in total. The van der Waals surface area contributed by atoms with Crippen molar-refractivity contribution < 1.29 is 27.9 Å². The van der Waals surface area contributed by atoms with Gasteiger partial charge in [-0.1, -0.05) is 36.4 Å². The van der Waals surface area contributed by atoms with Crippen LogP contribution < -0.4 is 14.8 Å². The fraction of sp³-hybridized carbons (Fsp3) is 0.154. The van der Waals surface area contributed by atoms with Crippen molar-refractivity contribution in [2.45, 2.75) is 17.9 Å². The summed E-state index contributed by atoms with van der Waals surface area (Å²) in [6.45, 7) is 1.38. The smallest absolute Gasteiger partial charge is 0.322 e. The maximum Gasteiger partial charge on any atom is 0.322 e. The Hall–Kier alpha value is -4.31. The summed E-state index contributed by atoms with van der Waals surface area (Å²) in [6, 6.07) is 19.2. The van der Waals surface area contributed by atoms with Crippen molar-refractivity contribution in [3.8, 4) is 5.75 Å². The predicted octanol–water partition coefficient (Wildman–Crippen LogP) is 3.55. The summed E-state index contributed by atoms with van der Waals surface area (Å²) in [7, 11) is -2.65. The fourth-order valence-corrected chi connectivity index (χ4v) is 5.33. The van der Waals surface area contributed by atoms with Crippen LogP contribution in [0.1, 0.15) is 17.2 Å². The number of benzene rings is 3. The lowest BCUT2D eigenvalue weighted by molar-refractivity contribution is -0.135. The lowest BCUT2D eigenvalue weighted by atomic mass is 10.1. The van der Waals surface area contributed by atoms with Gasteiger partial charge in [-0.3, -0.25) is 9.59 Å². The van der Waals surface area contributed by atoms with E-state index in [9.17, 15) is 18.0 Å². The van der Waals surface area contributed by atoms with E-state index in [1.54, 1.807) is 84.4 Å². The molecule has 10 heteroatoms. The molecule has 0 bridgehead atoms. The van der Waals surface area contributed by atoms with Gasteiger partial charge in [-0.2, -0.15) is 0 Å². The molecule has 9 nitrogen and oxygen atoms in total. The zero-order chi connectivity index (χ0) is 25.9. The average Bonchev–Trinajstić information content (AvgIpc) is 3.27. The molecule has 36 heavy (non-hydrogen) atoms. The number of anilines is 1. The van der Waals surface area contributed by atoms with E-state index in [-0.39, 0.29) is 11.4 Å². The highest BCUT2D eigenvalue weighted by atomic mass is 32.2. The van der Waals surface area contributed by atoms with Gasteiger partial charge in [0, 0.05) is 17.3 Å². The molecule has 0 radical (unpaired) electrons. The summed E-state index contributed by atoms with van der Waals surface area (Å²) in [6.07, 6.45) is 1.67. The van der Waals surface area contributed by atoms with Gasteiger partial charge in [-0.05, 0) is 54.4 Å². The van der Waals surface area contributed by atoms with Crippen molar-refractivity contribution in [3.63, 3.8) is 0 Å². The first kappa shape index (κ1) is 24.8. The highest BCUT2D eigenvalue weighted by molar-refractivity contribution is 7.90. The Balaban J connectivity index is 1.81. The second kappa shape index (κ2) is 10.1. The molecule has 1 amide bonds. The number of hydrogen-bond acceptors (Lipinski definition) is 6. The molecule has 0 aliphatic carbocycles. The number of sulfonamides is 1. The second-order valence-electron chi connectivity index (χ2n) is 8.12. The van der Waals surface area contributed by atoms with E-state index in [2.05, 4.69) is 10.0 Å². The Kier molecular flexibility index (Phi) is 6.98. The molecular formula is C26H25N3O6S. The molecular weight excluding hydrogens is 482 g/mol. The van der Waals surface area contributed by atoms with Gasteiger partial charge < -0.3 is 19.7 Å². The van der Waals surface area contributed by atoms with Crippen molar-refractivity contribution in [1.82, 2.24) is 9.29 Å². The molecule has 1 atom stereocenters. The van der Waals surface area contributed by atoms with Crippen molar-refractivity contribution in [2.75, 3.05) is 19.0 Å². The number of nitrogens with zero attached hydrogens (tertiary/aromatic N) is 1. The van der Waals surface area contributed by atoms with E-state index in [1.807, 2.05) is 0 Å². The first-order valence-electron chi connectivity index (χ1n) is 11.0. The lowest BCUT2D eigenvalue weighted by Gasteiger charge is -2.21. The van der Waals surface area contributed by atoms with Crippen LogP contribution in [0.3, 0.4) is 0 Å². The molecule has 0 aliphatic heterocycles. The summed E-state index contributed by atoms with van der Waals surface area (Å²) in [4.78, 5) is 24.7. The Morgan fingerprint density at radius 3 is 2.50 bits per heavy atom. The molecule has 0 saturated heterocycles. The van der Waals surface area contributed by atoms with Crippen LogP contribution >= 0.6 is 0 Å². The zero-order valence-corrected chi connectivity index (χ0v) is 20.5. The number of aliphatic carboxylic acids is 1. The Labute approximate surface area is 208 Å². The predicted molar refractivity (Wildman–Crippen MR) is 136 cm³/mol. The van der Waals surface area contributed by atoms with Gasteiger partial charge >= 0.3 is 5.97 Å². The number of ether oxygens (including phenoxy) is 1. The van der Waals surface area contributed by atoms with Gasteiger partial charge in [0.05, 0.1) is 17.5 Å². The Morgan fingerprint density at radius 1 is 1.03 bits per heavy atom. The number of hydrogen-bond donors (Lipinski definition) is 3. The van der Waals surface area contributed by atoms with E-state index in [0.717, 1.165) is 0 Å². The van der Waals surface area contributed by atoms with Gasteiger partial charge in [0.25, 0.3) is 15.9 Å². The molecule has 3 aromatic carbocycles. The molecule has 4 rings (SSSR count). The Morgan fingerprint density at radius 2 is 1.78 bits per heavy atom. The van der Waals surface area contributed by atoms with Crippen molar-refractivity contribution in [3.05, 3.63) is 90.1 Å². The third kappa shape index (κ3) is 5.03. The third-order valence-electron chi connectivity index (χ3n) is 5.75. The first-order chi connectivity index (χ1) is 17.2. The molecule has 0 saturated carbocycles. The largest absolute Gasteiger partial charge is 0.497 e. The van der Waals surface area contributed by atoms with Crippen LogP contribution in [0.5, 0.6) is 5.75 Å². The Bertz CT molecular complexity index is 1540. The number of fused-ring (bicyclic) bond motifs is 1. The number of aryl methyl sites for hydroxylation is 1. The average molecular weight is 508 g/mol. The summed E-state index contributed by atoms with van der Waals surface area (Å²) >= 11 is 0. The first-order valence-corrected chi connectivity index (χ1v) is 12.5. The van der Waals surface area contributed by atoms with Crippen LogP contribution in [0.15, 0.2) is 83.9 Å². The monoisotopic (exact) mass is 507 g/mol. The minimum Gasteiger partial charge on any atom is -0.497 e. The van der Waals surface area contributed by atoms with Crippen molar-refractivity contribution >= 4 is 38.5 Å². The molecule has 0 fully saturated rings. The van der Waals surface area contributed by atoms with Gasteiger partial charge in [0.15, 0.2) is 0 Å². The maximum atomic E-state index is 13.6. The van der Waals surface area contributed by atoms with Crippen LogP contribution in [0, 0.1) is 6.92 Å². The van der Waals surface area contributed by atoms with E-state index < -0.39 is 27.9 Å². The van der Waals surface area contributed by atoms with Crippen LogP contribution in [0.25, 0.3) is 10.9 Å². The number of carboxylic acid groups (broad SMARTS) is 1. The summed E-state index contributed by atoms with van der Waals surface area (Å²) in [5.74, 6) is -1.26. The summed E-state index contributed by atoms with van der Waals surface area (Å²) in [5.41, 5.74) is 2.21. The highest BCUT2D eigenvalue weighted by Gasteiger charge is 2.29. The van der Waals surface area contributed by atoms with E-state index >= 15 is 0 Å². The van der Waals surface area contributed by atoms with Crippen LogP contribution in [0.4, 0.5) is 5.69 Å². The molecule has 1 aromatic heterocycles. The van der Waals surface area contributed by atoms with E-state index in [4.69, 9.17) is 9.84 Å². The standard InChI is InChI=1S/C26H25N3O6S/c1-17-7-3-4-12-23(17)36(33,34)28-26(32)25(18-8-5-9-19(15-18)35-2)29-14-13-20-21(27-16-24(30)31)10-6-11-22(20)29/h3-15,25,27H,16H2,1-2H3,(H,28,32)(H,30,31). The number of nitrogens with one attached hydrogen (secondary N) is 2. The minimum absolute atomic E-state index is 0.0141. The number of amides is 1. The van der Waals surface area contributed by atoms with Crippen LogP contribution in [-0.4, -0.2) is 43.6 Å². The molecule has 4 aromatic rings. The molecule has 0 aliphatic rings. The highest BCUT2D eigenvalue weighted by Crippen LogP contribution is 2.31. The van der Waals surface area contributed by atoms with E-state index in [1.165, 1.54) is 13.2 Å². The van der Waals surface area contributed by atoms with E-state index in [0.29, 0.717) is 33.5 Å². The molecule has 186 valence electrons. The zero-order valence-electron chi connectivity index (χ0n) is 19.6. The lowest BCUT2D eigenvalue weighted by Crippen LogP contribution is -2.37. The van der Waals surface area contributed by atoms with Gasteiger partial charge in [-0.25, -0.2) is 13.1 Å². The quantitative estimate of drug-likeness (QED) is 0.316. The topological polar surface area (TPSA) is 127 Å². The summed E-state index contributed by atoms with van der Waals surface area (Å²) in [5, 5.41) is 12.6. The fourth-order valence-electron chi connectivity index (χ4n) is 4.09. The normalized spacial score (nSPS) is 12.2. The number of aromatic nitrogens is 1. The number of methoxy groups -OCH3 is 1. The second-order valence-corrected chi connectivity index (χ2v) is 9.77. The maximum absolute atomic E-state index is 13.6. The molecule has 1 unspecified atom stereocenters. The summed E-state index contributed by atoms with van der Waals surface area (Å²) < 4.78 is 35.5.